The summed E-state index contributed by atoms with van der Waals surface area (Å²) in [6.07, 6.45) is 0. The van der Waals surface area contributed by atoms with Gasteiger partial charge in [-0.3, -0.25) is 0 Å². The lowest BCUT2D eigenvalue weighted by atomic mass is 10.3. The molecule has 1 aromatic rings. The number of nitro groups is 1. The normalized spacial score (nSPS) is 10.6. The van der Waals surface area contributed by atoms with Crippen LogP contribution in [-0.4, -0.2) is 17.4 Å². The molecule has 0 fully saturated rings. The highest BCUT2D eigenvalue weighted by atomic mass is 79.9. The molecule has 0 aromatic heterocycles. The second-order valence-electron chi connectivity index (χ2n) is 3.09. The maximum absolute atomic E-state index is 10.4. The summed E-state index contributed by atoms with van der Waals surface area (Å²) in [4.78, 5) is 9.79. The molecule has 0 saturated carbocycles. The molecule has 0 radical (unpaired) electrons. The monoisotopic (exact) mass is 312 g/mol. The third-order valence-corrected chi connectivity index (χ3v) is 2.47. The fourth-order valence-electron chi connectivity index (χ4n) is 1.03. The molecule has 0 aliphatic carbocycles. The molecule has 0 bridgehead atoms. The summed E-state index contributed by atoms with van der Waals surface area (Å²) in [6, 6.07) is 6.91. The number of nitrogens with zero attached hydrogens (tertiary/aromatic N) is 3. The summed E-state index contributed by atoms with van der Waals surface area (Å²) >= 11 is 3.26. The summed E-state index contributed by atoms with van der Waals surface area (Å²) in [7, 11) is 0. The molecule has 1 N–H and O–H groups in total. The molecule has 0 atom stereocenters. The van der Waals surface area contributed by atoms with Gasteiger partial charge in [0.1, 0.15) is 11.8 Å². The molecule has 0 aliphatic rings. The average Bonchev–Trinajstić information content (AvgIpc) is 2.34. The van der Waals surface area contributed by atoms with Crippen molar-refractivity contribution in [2.24, 2.45) is 5.10 Å². The third-order valence-electron chi connectivity index (χ3n) is 1.85. The Hall–Kier alpha value is -2.14. The van der Waals surface area contributed by atoms with Crippen molar-refractivity contribution in [2.75, 3.05) is 12.0 Å². The number of nitriles is 1. The molecule has 0 aliphatic heterocycles. The zero-order valence-corrected chi connectivity index (χ0v) is 11.0. The van der Waals surface area contributed by atoms with Crippen LogP contribution in [0.4, 0.5) is 5.69 Å². The van der Waals surface area contributed by atoms with Gasteiger partial charge in [-0.15, -0.1) is 0 Å². The van der Waals surface area contributed by atoms with E-state index in [0.29, 0.717) is 15.9 Å². The number of hydrogen-bond acceptors (Lipinski definition) is 6. The number of rotatable bonds is 4. The Bertz CT molecular complexity index is 524. The number of nitrogens with one attached hydrogen (secondary N) is 1. The zero-order valence-electron chi connectivity index (χ0n) is 9.38. The van der Waals surface area contributed by atoms with Gasteiger partial charge in [-0.05, 0) is 33.0 Å². The summed E-state index contributed by atoms with van der Waals surface area (Å²) in [5.74, 6) is 0.0974. The zero-order chi connectivity index (χ0) is 13.5. The van der Waals surface area contributed by atoms with E-state index < -0.39 is 4.92 Å². The van der Waals surface area contributed by atoms with Crippen LogP contribution in [0.25, 0.3) is 0 Å². The summed E-state index contributed by atoms with van der Waals surface area (Å²) in [6.45, 7) is 1.13. The molecule has 18 heavy (non-hydrogen) atoms. The van der Waals surface area contributed by atoms with Gasteiger partial charge in [-0.25, -0.2) is 0 Å². The second kappa shape index (κ2) is 6.56. The fraction of sp³-hybridized carbons (Fsp3) is 0.200. The van der Waals surface area contributed by atoms with Crippen molar-refractivity contribution in [3.8, 4) is 11.8 Å². The molecule has 7 nitrogen and oxygen atoms in total. The molecule has 94 valence electrons. The van der Waals surface area contributed by atoms with E-state index in [0.717, 1.165) is 0 Å². The van der Waals surface area contributed by atoms with E-state index in [9.17, 15) is 10.1 Å². The lowest BCUT2D eigenvalue weighted by Crippen LogP contribution is -2.09. The maximum atomic E-state index is 10.4. The van der Waals surface area contributed by atoms with E-state index in [-0.39, 0.29) is 12.4 Å². The predicted molar refractivity (Wildman–Crippen MR) is 69.0 cm³/mol. The van der Waals surface area contributed by atoms with Crippen LogP contribution >= 0.6 is 15.9 Å². The highest BCUT2D eigenvalue weighted by Gasteiger charge is 2.10. The lowest BCUT2D eigenvalue weighted by Gasteiger charge is -2.08. The number of amidine groups is 1. The number of halogens is 1. The first-order chi connectivity index (χ1) is 8.56. The van der Waals surface area contributed by atoms with Crippen molar-refractivity contribution >= 4 is 27.5 Å². The Morgan fingerprint density at radius 2 is 2.44 bits per heavy atom. The van der Waals surface area contributed by atoms with Gasteiger partial charge < -0.3 is 14.9 Å². The van der Waals surface area contributed by atoms with Gasteiger partial charge in [0.25, 0.3) is 0 Å². The summed E-state index contributed by atoms with van der Waals surface area (Å²) < 4.78 is 5.82. The molecule has 8 heteroatoms. The molecular formula is C10H9BrN4O3. The molecule has 1 rings (SSSR count). The maximum Gasteiger partial charge on any atom is 0.360 e. The van der Waals surface area contributed by atoms with Gasteiger partial charge in [-0.1, -0.05) is 6.07 Å². The van der Waals surface area contributed by atoms with Gasteiger partial charge in [0.2, 0.25) is 0 Å². The molecule has 0 unspecified atom stereocenters. The molecule has 0 spiro atoms. The molecule has 0 heterocycles. The number of benzene rings is 1. The van der Waals surface area contributed by atoms with Crippen molar-refractivity contribution in [2.45, 2.75) is 6.92 Å². The van der Waals surface area contributed by atoms with E-state index in [4.69, 9.17) is 10.00 Å². The van der Waals surface area contributed by atoms with E-state index in [1.54, 1.807) is 18.2 Å². The SMILES string of the molecule is C/C(=N/Nc1cccc(Br)c1OCC#N)[N+](=O)[O-]. The Morgan fingerprint density at radius 1 is 1.72 bits per heavy atom. The fourth-order valence-corrected chi connectivity index (χ4v) is 1.51. The van der Waals surface area contributed by atoms with Crippen LogP contribution in [0.2, 0.25) is 0 Å². The topological polar surface area (TPSA) is 101 Å². The summed E-state index contributed by atoms with van der Waals surface area (Å²) in [5, 5.41) is 22.5. The van der Waals surface area contributed by atoms with Gasteiger partial charge in [-0.2, -0.15) is 10.7 Å². The predicted octanol–water partition coefficient (Wildman–Crippen LogP) is 2.37. The van der Waals surface area contributed by atoms with Crippen LogP contribution < -0.4 is 10.2 Å². The number of anilines is 1. The van der Waals surface area contributed by atoms with Crippen molar-refractivity contribution < 1.29 is 9.66 Å². The standard InChI is InChI=1S/C10H9BrN4O3/c1-7(15(16)17)13-14-9-4-2-3-8(11)10(9)18-6-5-12/h2-4,14H,6H2,1H3/b13-7-. The number of hydrazone groups is 1. The van der Waals surface area contributed by atoms with Crippen LogP contribution in [0.3, 0.4) is 0 Å². The second-order valence-corrected chi connectivity index (χ2v) is 3.95. The van der Waals surface area contributed by atoms with E-state index >= 15 is 0 Å². The Kier molecular flexibility index (Phi) is 5.07. The van der Waals surface area contributed by atoms with Crippen molar-refractivity contribution in [1.82, 2.24) is 0 Å². The quantitative estimate of drug-likeness (QED) is 0.398. The lowest BCUT2D eigenvalue weighted by molar-refractivity contribution is -0.351. The van der Waals surface area contributed by atoms with E-state index in [1.807, 2.05) is 6.07 Å². The number of hydrogen-bond donors (Lipinski definition) is 1. The number of ether oxygens (including phenoxy) is 1. The first-order valence-corrected chi connectivity index (χ1v) is 5.58. The minimum absolute atomic E-state index is 0.130. The first kappa shape index (κ1) is 13.9. The van der Waals surface area contributed by atoms with Crippen molar-refractivity contribution in [1.29, 1.82) is 5.26 Å². The smallest absolute Gasteiger partial charge is 0.360 e. The van der Waals surface area contributed by atoms with Gasteiger partial charge in [0.05, 0.1) is 9.57 Å². The molecule has 0 amide bonds. The van der Waals surface area contributed by atoms with Crippen molar-refractivity contribution in [3.05, 3.63) is 32.8 Å². The Labute approximate surface area is 111 Å². The minimum atomic E-state index is -0.610. The first-order valence-electron chi connectivity index (χ1n) is 4.79. The highest BCUT2D eigenvalue weighted by molar-refractivity contribution is 9.10. The van der Waals surface area contributed by atoms with Crippen LogP contribution in [0.1, 0.15) is 6.92 Å². The van der Waals surface area contributed by atoms with Crippen molar-refractivity contribution in [3.63, 3.8) is 0 Å². The van der Waals surface area contributed by atoms with E-state index in [2.05, 4.69) is 26.5 Å². The highest BCUT2D eigenvalue weighted by Crippen LogP contribution is 2.33. The average molecular weight is 313 g/mol. The van der Waals surface area contributed by atoms with Crippen LogP contribution in [0, 0.1) is 21.4 Å². The van der Waals surface area contributed by atoms with E-state index in [1.165, 1.54) is 6.92 Å². The Balaban J connectivity index is 2.95. The largest absolute Gasteiger partial charge is 0.475 e. The summed E-state index contributed by atoms with van der Waals surface area (Å²) in [5.41, 5.74) is 2.96. The van der Waals surface area contributed by atoms with Gasteiger partial charge in [0.15, 0.2) is 12.4 Å². The molecule has 1 aromatic carbocycles. The Morgan fingerprint density at radius 3 is 3.06 bits per heavy atom. The molecule has 0 saturated heterocycles. The van der Waals surface area contributed by atoms with Gasteiger partial charge >= 0.3 is 5.84 Å². The molecular weight excluding hydrogens is 304 g/mol. The number of para-hydroxylation sites is 1. The van der Waals surface area contributed by atoms with Gasteiger partial charge in [0, 0.05) is 6.92 Å². The van der Waals surface area contributed by atoms with Crippen LogP contribution in [0.5, 0.6) is 5.75 Å². The van der Waals surface area contributed by atoms with Crippen LogP contribution in [0.15, 0.2) is 27.8 Å². The minimum Gasteiger partial charge on any atom is -0.475 e. The third kappa shape index (κ3) is 3.71. The van der Waals surface area contributed by atoms with Crippen LogP contribution in [-0.2, 0) is 0 Å².